The molecule has 8 heteroatoms. The summed E-state index contributed by atoms with van der Waals surface area (Å²) >= 11 is 0. The van der Waals surface area contributed by atoms with Gasteiger partial charge >= 0.3 is 0 Å². The number of ether oxygens (including phenoxy) is 1. The molecule has 2 N–H and O–H groups in total. The molecular formula is C32H33F2N3O3. The molecular weight excluding hydrogens is 512 g/mol. The molecule has 1 fully saturated rings. The first-order valence-corrected chi connectivity index (χ1v) is 13.6. The van der Waals surface area contributed by atoms with Crippen molar-refractivity contribution in [1.82, 2.24) is 15.1 Å². The number of phenols is 1. The van der Waals surface area contributed by atoms with E-state index in [-0.39, 0.29) is 11.7 Å². The maximum Gasteiger partial charge on any atom is 0.251 e. The first-order chi connectivity index (χ1) is 19.5. The van der Waals surface area contributed by atoms with Crippen LogP contribution >= 0.6 is 0 Å². The van der Waals surface area contributed by atoms with Gasteiger partial charge in [0.25, 0.3) is 5.91 Å². The first-order valence-electron chi connectivity index (χ1n) is 13.6. The molecule has 6 nitrogen and oxygen atoms in total. The number of nitrogens with one attached hydrogen (secondary N) is 1. The van der Waals surface area contributed by atoms with E-state index in [1.807, 2.05) is 42.7 Å². The number of aromatic hydroxyl groups is 1. The van der Waals surface area contributed by atoms with Crippen LogP contribution in [0.4, 0.5) is 8.78 Å². The average Bonchev–Trinajstić information content (AvgIpc) is 2.98. The van der Waals surface area contributed by atoms with Crippen molar-refractivity contribution < 1.29 is 23.4 Å². The monoisotopic (exact) mass is 545 g/mol. The van der Waals surface area contributed by atoms with Crippen LogP contribution in [0.25, 0.3) is 5.76 Å². The molecule has 40 heavy (non-hydrogen) atoms. The molecule has 0 aromatic heterocycles. The molecule has 5 rings (SSSR count). The van der Waals surface area contributed by atoms with Crippen molar-refractivity contribution in [2.75, 3.05) is 32.7 Å². The van der Waals surface area contributed by atoms with Crippen molar-refractivity contribution in [2.45, 2.75) is 25.2 Å². The molecule has 0 spiro atoms. The number of phenolic OH excluding ortho intramolecular Hbond substituents is 1. The van der Waals surface area contributed by atoms with Crippen LogP contribution in [-0.4, -0.2) is 53.5 Å². The number of carbonyl (C=O) groups excluding carboxylic acids is 1. The normalized spacial score (nSPS) is 15.9. The minimum Gasteiger partial charge on any atom is -0.508 e. The summed E-state index contributed by atoms with van der Waals surface area (Å²) in [6, 6.07) is 18.6. The molecule has 0 aliphatic carbocycles. The smallest absolute Gasteiger partial charge is 0.251 e. The van der Waals surface area contributed by atoms with Crippen LogP contribution in [0.5, 0.6) is 5.75 Å². The summed E-state index contributed by atoms with van der Waals surface area (Å²) < 4.78 is 32.3. The average molecular weight is 546 g/mol. The summed E-state index contributed by atoms with van der Waals surface area (Å²) in [4.78, 5) is 17.5. The Bertz CT molecular complexity index is 1400. The minimum atomic E-state index is -0.878. The zero-order valence-corrected chi connectivity index (χ0v) is 22.2. The van der Waals surface area contributed by atoms with E-state index in [1.54, 1.807) is 24.5 Å². The number of rotatable bonds is 9. The molecule has 3 aromatic rings. The van der Waals surface area contributed by atoms with Gasteiger partial charge < -0.3 is 25.0 Å². The number of piperidine rings is 1. The van der Waals surface area contributed by atoms with Gasteiger partial charge in [-0.15, -0.1) is 0 Å². The molecule has 0 unspecified atom stereocenters. The number of likely N-dealkylation sites (tertiary alicyclic amines) is 1. The molecule has 2 aliphatic rings. The van der Waals surface area contributed by atoms with Crippen molar-refractivity contribution in [3.8, 4) is 5.75 Å². The van der Waals surface area contributed by atoms with Gasteiger partial charge in [-0.3, -0.25) is 4.79 Å². The van der Waals surface area contributed by atoms with Gasteiger partial charge in [-0.25, -0.2) is 8.78 Å². The Kier molecular flexibility index (Phi) is 8.76. The van der Waals surface area contributed by atoms with Gasteiger partial charge in [-0.2, -0.15) is 0 Å². The van der Waals surface area contributed by atoms with E-state index in [9.17, 15) is 18.7 Å². The molecule has 0 atom stereocenters. The summed E-state index contributed by atoms with van der Waals surface area (Å²) in [6.07, 6.45) is 7.85. The number of halogens is 2. The zero-order chi connectivity index (χ0) is 27.9. The van der Waals surface area contributed by atoms with Gasteiger partial charge in [-0.05, 0) is 79.7 Å². The maximum atomic E-state index is 13.5. The fraction of sp³-hybridized carbons (Fsp3) is 0.281. The first kappa shape index (κ1) is 27.4. The third-order valence-corrected chi connectivity index (χ3v) is 7.45. The molecule has 3 aromatic carbocycles. The predicted octanol–water partition coefficient (Wildman–Crippen LogP) is 5.62. The van der Waals surface area contributed by atoms with Gasteiger partial charge in [0.2, 0.25) is 0 Å². The van der Waals surface area contributed by atoms with E-state index in [1.165, 1.54) is 12.1 Å². The van der Waals surface area contributed by atoms with Crippen LogP contribution in [-0.2, 0) is 11.2 Å². The predicted molar refractivity (Wildman–Crippen MR) is 150 cm³/mol. The third-order valence-electron chi connectivity index (χ3n) is 7.45. The molecule has 2 heterocycles. The number of nitrogens with zero attached hydrogens (tertiary/aromatic N) is 2. The summed E-state index contributed by atoms with van der Waals surface area (Å²) in [7, 11) is 0. The van der Waals surface area contributed by atoms with Crippen molar-refractivity contribution in [1.29, 1.82) is 0 Å². The second kappa shape index (κ2) is 12.8. The molecule has 0 saturated carbocycles. The largest absolute Gasteiger partial charge is 0.508 e. The Balaban J connectivity index is 1.11. The fourth-order valence-corrected chi connectivity index (χ4v) is 5.24. The molecule has 2 aliphatic heterocycles. The summed E-state index contributed by atoms with van der Waals surface area (Å²) in [5.41, 5.74) is 3.19. The van der Waals surface area contributed by atoms with Gasteiger partial charge in [-0.1, -0.05) is 36.4 Å². The van der Waals surface area contributed by atoms with E-state index in [4.69, 9.17) is 4.74 Å². The van der Waals surface area contributed by atoms with Crippen LogP contribution in [0.2, 0.25) is 0 Å². The van der Waals surface area contributed by atoms with Gasteiger partial charge in [0.05, 0.1) is 0 Å². The Hall–Kier alpha value is -4.17. The topological polar surface area (TPSA) is 65.0 Å². The van der Waals surface area contributed by atoms with Crippen LogP contribution < -0.4 is 5.32 Å². The zero-order valence-electron chi connectivity index (χ0n) is 22.2. The number of benzene rings is 3. The number of amides is 1. The molecule has 208 valence electrons. The van der Waals surface area contributed by atoms with Crippen molar-refractivity contribution in [2.24, 2.45) is 0 Å². The Morgan fingerprint density at radius 2 is 1.80 bits per heavy atom. The van der Waals surface area contributed by atoms with E-state index in [0.29, 0.717) is 35.8 Å². The van der Waals surface area contributed by atoms with Gasteiger partial charge in [0.15, 0.2) is 11.6 Å². The van der Waals surface area contributed by atoms with Crippen LogP contribution in [0.15, 0.2) is 85.4 Å². The highest BCUT2D eigenvalue weighted by atomic mass is 19.2. The summed E-state index contributed by atoms with van der Waals surface area (Å²) in [6.45, 7) is 3.92. The standard InChI is InChI=1S/C32H33F2N3O3/c33-29-9-8-23(20-30(29)34)10-13-35-32(39)28-7-2-1-6-27(28)24-11-14-36(15-12-24)16-17-37-18-19-40-31(22-37)25-4-3-5-26(38)21-25/h1-9,18-22,24,38H,10-17H2,(H,35,39). The van der Waals surface area contributed by atoms with Gasteiger partial charge in [0, 0.05) is 43.2 Å². The van der Waals surface area contributed by atoms with E-state index < -0.39 is 11.6 Å². The lowest BCUT2D eigenvalue weighted by atomic mass is 9.86. The maximum absolute atomic E-state index is 13.5. The Morgan fingerprint density at radius 1 is 0.975 bits per heavy atom. The summed E-state index contributed by atoms with van der Waals surface area (Å²) in [5, 5.41) is 12.7. The van der Waals surface area contributed by atoms with E-state index >= 15 is 0 Å². The highest BCUT2D eigenvalue weighted by Crippen LogP contribution is 2.31. The fourth-order valence-electron chi connectivity index (χ4n) is 5.24. The molecule has 0 bridgehead atoms. The molecule has 0 radical (unpaired) electrons. The molecule has 1 saturated heterocycles. The Morgan fingerprint density at radius 3 is 2.60 bits per heavy atom. The second-order valence-corrected chi connectivity index (χ2v) is 10.1. The molecule has 1 amide bonds. The van der Waals surface area contributed by atoms with E-state index in [0.717, 1.165) is 56.2 Å². The lowest BCUT2D eigenvalue weighted by Gasteiger charge is -2.34. The van der Waals surface area contributed by atoms with Crippen molar-refractivity contribution in [3.63, 3.8) is 0 Å². The van der Waals surface area contributed by atoms with Gasteiger partial charge in [0.1, 0.15) is 17.8 Å². The van der Waals surface area contributed by atoms with Crippen molar-refractivity contribution >= 4 is 11.7 Å². The minimum absolute atomic E-state index is 0.144. The quantitative estimate of drug-likeness (QED) is 0.365. The van der Waals surface area contributed by atoms with Crippen LogP contribution in [0.1, 0.15) is 45.8 Å². The van der Waals surface area contributed by atoms with E-state index in [2.05, 4.69) is 15.1 Å². The summed E-state index contributed by atoms with van der Waals surface area (Å²) in [5.74, 6) is -0.708. The van der Waals surface area contributed by atoms with Crippen LogP contribution in [0.3, 0.4) is 0 Å². The lowest BCUT2D eigenvalue weighted by Crippen LogP contribution is -2.38. The number of hydrogen-bond acceptors (Lipinski definition) is 5. The highest BCUT2D eigenvalue weighted by molar-refractivity contribution is 5.95. The second-order valence-electron chi connectivity index (χ2n) is 10.1. The Labute approximate surface area is 233 Å². The third kappa shape index (κ3) is 6.87. The highest BCUT2D eigenvalue weighted by Gasteiger charge is 2.24. The SMILES string of the molecule is O=C(NCCc1ccc(F)c(F)c1)c1ccccc1C1CCN(CCN2C=COC(c3cccc(O)c3)=C2)CC1. The van der Waals surface area contributed by atoms with Crippen molar-refractivity contribution in [3.05, 3.63) is 119 Å². The number of carbonyl (C=O) groups is 1. The van der Waals surface area contributed by atoms with Crippen LogP contribution in [0, 0.1) is 11.6 Å². The lowest BCUT2D eigenvalue weighted by molar-refractivity contribution is 0.0951. The number of hydrogen-bond donors (Lipinski definition) is 2.